The predicted molar refractivity (Wildman–Crippen MR) is 102 cm³/mol. The number of ether oxygens (including phenoxy) is 2. The molecular formula is C20H25N3O3. The number of hydrogen-bond donors (Lipinski definition) is 2. The first kappa shape index (κ1) is 16.1. The first-order chi connectivity index (χ1) is 12.8. The summed E-state index contributed by atoms with van der Waals surface area (Å²) in [7, 11) is 0. The predicted octanol–water partition coefficient (Wildman–Crippen LogP) is 3.09. The third-order valence-electron chi connectivity index (χ3n) is 5.79. The van der Waals surface area contributed by atoms with Crippen molar-refractivity contribution in [2.75, 3.05) is 38.3 Å². The molecule has 0 spiro atoms. The van der Waals surface area contributed by atoms with Crippen LogP contribution in [-0.4, -0.2) is 54.4 Å². The fraction of sp³-hybridized carbons (Fsp3) is 0.550. The second-order valence-corrected chi connectivity index (χ2v) is 7.47. The Morgan fingerprint density at radius 1 is 1.15 bits per heavy atom. The summed E-state index contributed by atoms with van der Waals surface area (Å²) in [5.74, 6) is 0.292. The molecule has 26 heavy (non-hydrogen) atoms. The maximum absolute atomic E-state index is 11.1. The molecule has 1 aromatic heterocycles. The zero-order chi connectivity index (χ0) is 17.5. The molecular weight excluding hydrogens is 330 g/mol. The lowest BCUT2D eigenvalue weighted by atomic mass is 9.93. The summed E-state index contributed by atoms with van der Waals surface area (Å²) in [6.07, 6.45) is 4.69. The van der Waals surface area contributed by atoms with Crippen LogP contribution in [0.15, 0.2) is 23.2 Å². The summed E-state index contributed by atoms with van der Waals surface area (Å²) in [6, 6.07) is 7.14. The van der Waals surface area contributed by atoms with E-state index in [1.54, 1.807) is 0 Å². The van der Waals surface area contributed by atoms with Gasteiger partial charge in [-0.2, -0.15) is 0 Å². The second-order valence-electron chi connectivity index (χ2n) is 7.47. The van der Waals surface area contributed by atoms with Gasteiger partial charge in [0.15, 0.2) is 0 Å². The first-order valence-corrected chi connectivity index (χ1v) is 9.64. The minimum absolute atomic E-state index is 0.168. The van der Waals surface area contributed by atoms with Crippen LogP contribution in [0.3, 0.4) is 0 Å². The molecule has 6 heteroatoms. The molecule has 3 aliphatic rings. The molecule has 2 aliphatic heterocycles. The molecule has 138 valence electrons. The standard InChI is InChI=1S/C20H25N3O3/c24-20-19(17-12-26-9-7-21-17)16-10-14(22-13-2-1-3-13)4-5-18(16)23(20)15-6-8-25-11-15/h4-5,10,13,15,22,24H,1-3,6-9,11-12H2. The molecule has 2 N–H and O–H groups in total. The molecule has 1 aliphatic carbocycles. The molecule has 6 nitrogen and oxygen atoms in total. The molecule has 1 saturated heterocycles. The number of aromatic nitrogens is 1. The second kappa shape index (κ2) is 6.59. The SMILES string of the molecule is Oc1c(C2=NCCOC2)c2cc(NC3CCC3)ccc2n1C1CCOC1. The minimum atomic E-state index is 0.168. The van der Waals surface area contributed by atoms with Gasteiger partial charge in [-0.1, -0.05) is 0 Å². The van der Waals surface area contributed by atoms with Crippen molar-refractivity contribution in [2.24, 2.45) is 4.99 Å². The van der Waals surface area contributed by atoms with Crippen LogP contribution in [0, 0.1) is 0 Å². The van der Waals surface area contributed by atoms with E-state index in [-0.39, 0.29) is 6.04 Å². The smallest absolute Gasteiger partial charge is 0.201 e. The Labute approximate surface area is 152 Å². The summed E-state index contributed by atoms with van der Waals surface area (Å²) in [6.45, 7) is 3.13. The van der Waals surface area contributed by atoms with E-state index in [1.807, 2.05) is 4.57 Å². The minimum Gasteiger partial charge on any atom is -0.494 e. The molecule has 5 rings (SSSR count). The molecule has 0 amide bonds. The van der Waals surface area contributed by atoms with E-state index in [0.29, 0.717) is 38.3 Å². The van der Waals surface area contributed by atoms with Crippen molar-refractivity contribution in [1.29, 1.82) is 0 Å². The maximum atomic E-state index is 11.1. The van der Waals surface area contributed by atoms with Gasteiger partial charge < -0.3 is 24.5 Å². The molecule has 1 saturated carbocycles. The number of nitrogens with one attached hydrogen (secondary N) is 1. The van der Waals surface area contributed by atoms with Crippen molar-refractivity contribution in [3.05, 3.63) is 23.8 Å². The summed E-state index contributed by atoms with van der Waals surface area (Å²) >= 11 is 0. The van der Waals surface area contributed by atoms with Crippen LogP contribution in [-0.2, 0) is 9.47 Å². The van der Waals surface area contributed by atoms with Crippen LogP contribution in [0.5, 0.6) is 5.88 Å². The number of anilines is 1. The largest absolute Gasteiger partial charge is 0.494 e. The van der Waals surface area contributed by atoms with Crippen molar-refractivity contribution >= 4 is 22.3 Å². The van der Waals surface area contributed by atoms with E-state index in [0.717, 1.165) is 40.9 Å². The van der Waals surface area contributed by atoms with Gasteiger partial charge in [0.05, 0.1) is 49.2 Å². The number of benzene rings is 1. The molecule has 2 aromatic rings. The highest BCUT2D eigenvalue weighted by atomic mass is 16.5. The van der Waals surface area contributed by atoms with Gasteiger partial charge >= 0.3 is 0 Å². The molecule has 1 unspecified atom stereocenters. The average molecular weight is 355 g/mol. The monoisotopic (exact) mass is 355 g/mol. The number of nitrogens with zero attached hydrogens (tertiary/aromatic N) is 2. The number of rotatable bonds is 4. The van der Waals surface area contributed by atoms with Gasteiger partial charge in [-0.05, 0) is 43.9 Å². The van der Waals surface area contributed by atoms with E-state index in [4.69, 9.17) is 9.47 Å². The highest BCUT2D eigenvalue weighted by Crippen LogP contribution is 2.39. The molecule has 1 atom stereocenters. The zero-order valence-electron chi connectivity index (χ0n) is 14.9. The van der Waals surface area contributed by atoms with E-state index < -0.39 is 0 Å². The molecule has 1 aromatic carbocycles. The van der Waals surface area contributed by atoms with Gasteiger partial charge in [0.2, 0.25) is 5.88 Å². The Balaban J connectivity index is 1.64. The van der Waals surface area contributed by atoms with Crippen LogP contribution in [0.1, 0.15) is 37.3 Å². The van der Waals surface area contributed by atoms with Crippen molar-refractivity contribution in [3.8, 4) is 5.88 Å². The zero-order valence-corrected chi connectivity index (χ0v) is 14.9. The van der Waals surface area contributed by atoms with E-state index in [9.17, 15) is 5.11 Å². The molecule has 2 fully saturated rings. The van der Waals surface area contributed by atoms with Gasteiger partial charge in [0.1, 0.15) is 0 Å². The fourth-order valence-electron chi connectivity index (χ4n) is 4.17. The van der Waals surface area contributed by atoms with Crippen LogP contribution < -0.4 is 5.32 Å². The van der Waals surface area contributed by atoms with Crippen molar-refractivity contribution in [1.82, 2.24) is 4.57 Å². The Morgan fingerprint density at radius 2 is 2.08 bits per heavy atom. The lowest BCUT2D eigenvalue weighted by Crippen LogP contribution is -2.26. The summed E-state index contributed by atoms with van der Waals surface area (Å²) in [4.78, 5) is 4.64. The summed E-state index contributed by atoms with van der Waals surface area (Å²) in [5.41, 5.74) is 3.82. The Kier molecular flexibility index (Phi) is 4.10. The van der Waals surface area contributed by atoms with Gasteiger partial charge in [-0.15, -0.1) is 0 Å². The highest BCUT2D eigenvalue weighted by molar-refractivity contribution is 6.14. The van der Waals surface area contributed by atoms with Crippen molar-refractivity contribution in [2.45, 2.75) is 37.8 Å². The van der Waals surface area contributed by atoms with Gasteiger partial charge in [0.25, 0.3) is 0 Å². The highest BCUT2D eigenvalue weighted by Gasteiger charge is 2.28. The third kappa shape index (κ3) is 2.68. The fourth-order valence-corrected chi connectivity index (χ4v) is 4.17. The quantitative estimate of drug-likeness (QED) is 0.884. The number of hydrogen-bond acceptors (Lipinski definition) is 5. The Morgan fingerprint density at radius 3 is 2.77 bits per heavy atom. The number of aliphatic imine (C=N–C) groups is 1. The Hall–Kier alpha value is -2.05. The number of aromatic hydroxyl groups is 1. The normalized spacial score (nSPS) is 23.8. The molecule has 3 heterocycles. The lowest BCUT2D eigenvalue weighted by molar-refractivity contribution is 0.171. The Bertz CT molecular complexity index is 848. The molecule has 0 radical (unpaired) electrons. The summed E-state index contributed by atoms with van der Waals surface area (Å²) in [5, 5.41) is 15.8. The van der Waals surface area contributed by atoms with Gasteiger partial charge in [-0.25, -0.2) is 0 Å². The number of fused-ring (bicyclic) bond motifs is 1. The first-order valence-electron chi connectivity index (χ1n) is 9.64. The van der Waals surface area contributed by atoms with Crippen LogP contribution >= 0.6 is 0 Å². The van der Waals surface area contributed by atoms with Crippen LogP contribution in [0.2, 0.25) is 0 Å². The van der Waals surface area contributed by atoms with Crippen LogP contribution in [0.25, 0.3) is 10.9 Å². The van der Waals surface area contributed by atoms with Crippen molar-refractivity contribution in [3.63, 3.8) is 0 Å². The maximum Gasteiger partial charge on any atom is 0.201 e. The molecule has 0 bridgehead atoms. The van der Waals surface area contributed by atoms with Crippen LogP contribution in [0.4, 0.5) is 5.69 Å². The topological polar surface area (TPSA) is 68.0 Å². The van der Waals surface area contributed by atoms with Crippen molar-refractivity contribution < 1.29 is 14.6 Å². The average Bonchev–Trinajstić information content (AvgIpc) is 3.24. The van der Waals surface area contributed by atoms with E-state index in [2.05, 4.69) is 28.5 Å². The third-order valence-corrected chi connectivity index (χ3v) is 5.79. The van der Waals surface area contributed by atoms with E-state index in [1.165, 1.54) is 19.3 Å². The van der Waals surface area contributed by atoms with E-state index >= 15 is 0 Å². The van der Waals surface area contributed by atoms with Gasteiger partial charge in [-0.3, -0.25) is 4.99 Å². The summed E-state index contributed by atoms with van der Waals surface area (Å²) < 4.78 is 13.2. The lowest BCUT2D eigenvalue weighted by Gasteiger charge is -2.27. The van der Waals surface area contributed by atoms with Gasteiger partial charge in [0, 0.05) is 23.7 Å².